The second-order valence-electron chi connectivity index (χ2n) is 7.28. The summed E-state index contributed by atoms with van der Waals surface area (Å²) in [5, 5.41) is 7.60. The molecule has 1 unspecified atom stereocenters. The highest BCUT2D eigenvalue weighted by molar-refractivity contribution is 5.94. The molecule has 1 heterocycles. The summed E-state index contributed by atoms with van der Waals surface area (Å²) in [5.74, 6) is 0.0686. The number of nitrogens with zero attached hydrogens (tertiary/aromatic N) is 2. The van der Waals surface area contributed by atoms with E-state index in [1.807, 2.05) is 35.1 Å². The van der Waals surface area contributed by atoms with Gasteiger partial charge >= 0.3 is 0 Å². The van der Waals surface area contributed by atoms with E-state index in [4.69, 9.17) is 9.47 Å². The Bertz CT molecular complexity index is 1060. The van der Waals surface area contributed by atoms with Crippen LogP contribution in [0.2, 0.25) is 0 Å². The van der Waals surface area contributed by atoms with Crippen molar-refractivity contribution in [2.75, 3.05) is 14.2 Å². The highest BCUT2D eigenvalue weighted by atomic mass is 19.1. The Morgan fingerprint density at radius 2 is 2.00 bits per heavy atom. The SMILES string of the molecule is COc1ccc(C(=O)NC2CCCc3c2cnn3Cc2ccccc2OC)cc1F. The van der Waals surface area contributed by atoms with Crippen molar-refractivity contribution in [3.05, 3.63) is 76.9 Å². The monoisotopic (exact) mass is 409 g/mol. The largest absolute Gasteiger partial charge is 0.496 e. The molecule has 3 aromatic rings. The van der Waals surface area contributed by atoms with Crippen molar-refractivity contribution in [2.45, 2.75) is 31.8 Å². The number of rotatable bonds is 6. The number of para-hydroxylation sites is 1. The number of aromatic nitrogens is 2. The van der Waals surface area contributed by atoms with Crippen LogP contribution in [0.5, 0.6) is 11.5 Å². The fourth-order valence-electron chi connectivity index (χ4n) is 3.95. The summed E-state index contributed by atoms with van der Waals surface area (Å²) in [4.78, 5) is 12.7. The van der Waals surface area contributed by atoms with E-state index in [0.717, 1.165) is 41.8 Å². The van der Waals surface area contributed by atoms with E-state index in [9.17, 15) is 9.18 Å². The lowest BCUT2D eigenvalue weighted by Gasteiger charge is -2.24. The number of carbonyl (C=O) groups is 1. The fourth-order valence-corrected chi connectivity index (χ4v) is 3.95. The van der Waals surface area contributed by atoms with Crippen LogP contribution in [0, 0.1) is 5.82 Å². The molecule has 0 aliphatic heterocycles. The van der Waals surface area contributed by atoms with Crippen LogP contribution in [0.25, 0.3) is 0 Å². The molecule has 1 aliphatic carbocycles. The maximum absolute atomic E-state index is 14.0. The quantitative estimate of drug-likeness (QED) is 0.671. The Kier molecular flexibility index (Phi) is 5.70. The molecule has 7 heteroatoms. The number of hydrogen-bond acceptors (Lipinski definition) is 4. The highest BCUT2D eigenvalue weighted by Gasteiger charge is 2.26. The standard InChI is InChI=1S/C23H24FN3O3/c1-29-21-9-4-3-6-16(21)14-27-20-8-5-7-19(17(20)13-25-27)26-23(28)15-10-11-22(30-2)18(24)12-15/h3-4,6,9-13,19H,5,7-8,14H2,1-2H3,(H,26,28). The van der Waals surface area contributed by atoms with Crippen molar-refractivity contribution in [3.8, 4) is 11.5 Å². The molecular weight excluding hydrogens is 385 g/mol. The topological polar surface area (TPSA) is 65.4 Å². The highest BCUT2D eigenvalue weighted by Crippen LogP contribution is 2.31. The minimum atomic E-state index is -0.556. The van der Waals surface area contributed by atoms with Crippen LogP contribution in [0.15, 0.2) is 48.7 Å². The number of ether oxygens (including phenoxy) is 2. The zero-order valence-corrected chi connectivity index (χ0v) is 17.0. The number of halogens is 1. The van der Waals surface area contributed by atoms with Gasteiger partial charge in [0.25, 0.3) is 5.91 Å². The van der Waals surface area contributed by atoms with E-state index < -0.39 is 5.82 Å². The lowest BCUT2D eigenvalue weighted by atomic mass is 9.92. The van der Waals surface area contributed by atoms with Crippen molar-refractivity contribution in [2.24, 2.45) is 0 Å². The van der Waals surface area contributed by atoms with Gasteiger partial charge in [0.05, 0.1) is 33.0 Å². The van der Waals surface area contributed by atoms with E-state index in [1.54, 1.807) is 13.2 Å². The third-order valence-electron chi connectivity index (χ3n) is 5.49. The number of amides is 1. The molecule has 1 amide bonds. The lowest BCUT2D eigenvalue weighted by Crippen LogP contribution is -2.31. The first-order valence-electron chi connectivity index (χ1n) is 9.91. The molecule has 1 atom stereocenters. The maximum Gasteiger partial charge on any atom is 0.251 e. The Labute approximate surface area is 174 Å². The van der Waals surface area contributed by atoms with Crippen molar-refractivity contribution in [1.82, 2.24) is 15.1 Å². The molecule has 4 rings (SSSR count). The molecule has 0 spiro atoms. The van der Waals surface area contributed by atoms with Gasteiger partial charge in [0.1, 0.15) is 5.75 Å². The van der Waals surface area contributed by atoms with Crippen molar-refractivity contribution in [1.29, 1.82) is 0 Å². The van der Waals surface area contributed by atoms with E-state index in [1.165, 1.54) is 19.2 Å². The zero-order valence-electron chi connectivity index (χ0n) is 17.0. The van der Waals surface area contributed by atoms with Gasteiger partial charge in [-0.2, -0.15) is 5.10 Å². The van der Waals surface area contributed by atoms with E-state index in [0.29, 0.717) is 6.54 Å². The van der Waals surface area contributed by atoms with Crippen molar-refractivity contribution >= 4 is 5.91 Å². The van der Waals surface area contributed by atoms with Gasteiger partial charge in [0.15, 0.2) is 11.6 Å². The minimum absolute atomic E-state index is 0.115. The first-order valence-corrected chi connectivity index (χ1v) is 9.91. The number of carbonyl (C=O) groups excluding carboxylic acids is 1. The van der Waals surface area contributed by atoms with E-state index in [-0.39, 0.29) is 23.3 Å². The van der Waals surface area contributed by atoms with Crippen LogP contribution in [-0.4, -0.2) is 29.9 Å². The number of benzene rings is 2. The van der Waals surface area contributed by atoms with E-state index in [2.05, 4.69) is 10.4 Å². The molecule has 2 aromatic carbocycles. The first-order chi connectivity index (χ1) is 14.6. The van der Waals surface area contributed by atoms with Crippen LogP contribution < -0.4 is 14.8 Å². The number of methoxy groups -OCH3 is 2. The van der Waals surface area contributed by atoms with Gasteiger partial charge in [-0.15, -0.1) is 0 Å². The van der Waals surface area contributed by atoms with Gasteiger partial charge < -0.3 is 14.8 Å². The molecule has 30 heavy (non-hydrogen) atoms. The van der Waals surface area contributed by atoms with Gasteiger partial charge in [0, 0.05) is 22.4 Å². The molecule has 156 valence electrons. The summed E-state index contributed by atoms with van der Waals surface area (Å²) in [6.07, 6.45) is 4.47. The lowest BCUT2D eigenvalue weighted by molar-refractivity contribution is 0.0932. The molecule has 0 fully saturated rings. The zero-order chi connectivity index (χ0) is 21.1. The smallest absolute Gasteiger partial charge is 0.251 e. The van der Waals surface area contributed by atoms with Crippen LogP contribution >= 0.6 is 0 Å². The predicted molar refractivity (Wildman–Crippen MR) is 110 cm³/mol. The molecule has 0 saturated carbocycles. The fraction of sp³-hybridized carbons (Fsp3) is 0.304. The second kappa shape index (κ2) is 8.57. The molecule has 0 bridgehead atoms. The molecule has 0 radical (unpaired) electrons. The maximum atomic E-state index is 14.0. The predicted octanol–water partition coefficient (Wildman–Crippen LogP) is 3.90. The Balaban J connectivity index is 1.53. The molecule has 0 saturated heterocycles. The molecular formula is C23H24FN3O3. The van der Waals surface area contributed by atoms with Crippen LogP contribution in [0.3, 0.4) is 0 Å². The second-order valence-corrected chi connectivity index (χ2v) is 7.28. The van der Waals surface area contributed by atoms with Gasteiger partial charge in [-0.05, 0) is 43.5 Å². The third-order valence-corrected chi connectivity index (χ3v) is 5.49. The van der Waals surface area contributed by atoms with Crippen LogP contribution in [0.4, 0.5) is 4.39 Å². The van der Waals surface area contributed by atoms with Gasteiger partial charge in [-0.1, -0.05) is 18.2 Å². The van der Waals surface area contributed by atoms with Gasteiger partial charge in [-0.3, -0.25) is 9.48 Å². The third kappa shape index (κ3) is 3.87. The van der Waals surface area contributed by atoms with Crippen molar-refractivity contribution < 1.29 is 18.7 Å². The summed E-state index contributed by atoms with van der Waals surface area (Å²) >= 11 is 0. The normalized spacial score (nSPS) is 15.4. The summed E-state index contributed by atoms with van der Waals surface area (Å²) in [6.45, 7) is 0.601. The average Bonchev–Trinajstić information content (AvgIpc) is 3.18. The molecule has 6 nitrogen and oxygen atoms in total. The Morgan fingerprint density at radius 1 is 1.20 bits per heavy atom. The first kappa shape index (κ1) is 19.9. The Morgan fingerprint density at radius 3 is 2.77 bits per heavy atom. The minimum Gasteiger partial charge on any atom is -0.496 e. The summed E-state index contributed by atoms with van der Waals surface area (Å²) in [7, 11) is 3.05. The molecule has 1 aliphatic rings. The Hall–Kier alpha value is -3.35. The van der Waals surface area contributed by atoms with Crippen molar-refractivity contribution in [3.63, 3.8) is 0 Å². The molecule has 1 N–H and O–H groups in total. The van der Waals surface area contributed by atoms with Crippen LogP contribution in [0.1, 0.15) is 46.1 Å². The molecule has 1 aromatic heterocycles. The number of nitrogens with one attached hydrogen (secondary N) is 1. The summed E-state index contributed by atoms with van der Waals surface area (Å²) in [5.41, 5.74) is 3.43. The average molecular weight is 409 g/mol. The summed E-state index contributed by atoms with van der Waals surface area (Å²) in [6, 6.07) is 11.9. The summed E-state index contributed by atoms with van der Waals surface area (Å²) < 4.78 is 26.3. The van der Waals surface area contributed by atoms with E-state index >= 15 is 0 Å². The van der Waals surface area contributed by atoms with Crippen LogP contribution in [-0.2, 0) is 13.0 Å². The number of fused-ring (bicyclic) bond motifs is 1. The van der Waals surface area contributed by atoms with Gasteiger partial charge in [-0.25, -0.2) is 4.39 Å². The number of hydrogen-bond donors (Lipinski definition) is 1. The van der Waals surface area contributed by atoms with Gasteiger partial charge in [0.2, 0.25) is 0 Å².